The van der Waals surface area contributed by atoms with Crippen molar-refractivity contribution in [2.75, 3.05) is 13.1 Å². The van der Waals surface area contributed by atoms with Crippen molar-refractivity contribution in [1.82, 2.24) is 8.87 Å². The number of carbonyl (C=O) groups is 1. The summed E-state index contributed by atoms with van der Waals surface area (Å²) in [6.07, 6.45) is 2.94. The van der Waals surface area contributed by atoms with E-state index >= 15 is 0 Å². The number of nitrogens with zero attached hydrogens (tertiary/aromatic N) is 2. The first-order chi connectivity index (χ1) is 7.87. The summed E-state index contributed by atoms with van der Waals surface area (Å²) in [5.74, 6) is -1.01. The second kappa shape index (κ2) is 5.33. The van der Waals surface area contributed by atoms with Gasteiger partial charge >= 0.3 is 5.97 Å². The molecule has 0 aliphatic heterocycles. The van der Waals surface area contributed by atoms with Crippen LogP contribution in [0.3, 0.4) is 0 Å². The highest BCUT2D eigenvalue weighted by molar-refractivity contribution is 7.89. The molecular formula is C10H16N2O4S. The number of hydrogen-bond acceptors (Lipinski definition) is 3. The topological polar surface area (TPSA) is 79.6 Å². The molecule has 0 unspecified atom stereocenters. The average molecular weight is 260 g/mol. The lowest BCUT2D eigenvalue weighted by Gasteiger charge is -2.18. The maximum atomic E-state index is 12.1. The average Bonchev–Trinajstić information content (AvgIpc) is 2.65. The number of aromatic nitrogens is 1. The predicted molar refractivity (Wildman–Crippen MR) is 62.1 cm³/mol. The Bertz CT molecular complexity index is 492. The van der Waals surface area contributed by atoms with Crippen LogP contribution in [-0.2, 0) is 21.9 Å². The molecule has 0 spiro atoms. The Kier molecular flexibility index (Phi) is 4.30. The summed E-state index contributed by atoms with van der Waals surface area (Å²) in [5, 5.41) is 8.57. The molecule has 1 heterocycles. The third kappa shape index (κ3) is 3.31. The molecule has 17 heavy (non-hydrogen) atoms. The fraction of sp³-hybridized carbons (Fsp3) is 0.500. The molecule has 0 radical (unpaired) electrons. The molecule has 0 aliphatic rings. The van der Waals surface area contributed by atoms with Gasteiger partial charge in [0.2, 0.25) is 10.0 Å². The Hall–Kier alpha value is -1.34. The van der Waals surface area contributed by atoms with Crippen molar-refractivity contribution in [3.63, 3.8) is 0 Å². The van der Waals surface area contributed by atoms with Gasteiger partial charge in [-0.05, 0) is 6.07 Å². The van der Waals surface area contributed by atoms with Crippen molar-refractivity contribution in [2.45, 2.75) is 18.2 Å². The van der Waals surface area contributed by atoms with Crippen LogP contribution in [0.4, 0.5) is 0 Å². The highest BCUT2D eigenvalue weighted by atomic mass is 32.2. The van der Waals surface area contributed by atoms with Crippen LogP contribution < -0.4 is 0 Å². The van der Waals surface area contributed by atoms with E-state index < -0.39 is 16.0 Å². The van der Waals surface area contributed by atoms with E-state index in [1.807, 2.05) is 0 Å². The molecular weight excluding hydrogens is 244 g/mol. The van der Waals surface area contributed by atoms with E-state index in [0.717, 1.165) is 4.31 Å². The Labute approximate surface area is 101 Å². The number of aliphatic carboxylic acids is 1. The van der Waals surface area contributed by atoms with Crippen LogP contribution in [0.2, 0.25) is 0 Å². The third-order valence-electron chi connectivity index (χ3n) is 2.37. The summed E-state index contributed by atoms with van der Waals surface area (Å²) in [5.41, 5.74) is 0. The predicted octanol–water partition coefficient (Wildman–Crippen LogP) is 0.510. The molecule has 96 valence electrons. The first-order valence-electron chi connectivity index (χ1n) is 5.22. The third-order valence-corrected chi connectivity index (χ3v) is 4.33. The van der Waals surface area contributed by atoms with E-state index in [0.29, 0.717) is 0 Å². The van der Waals surface area contributed by atoms with Crippen LogP contribution in [0.1, 0.15) is 13.3 Å². The second-order valence-corrected chi connectivity index (χ2v) is 5.59. The summed E-state index contributed by atoms with van der Waals surface area (Å²) in [6.45, 7) is 1.93. The lowest BCUT2D eigenvalue weighted by Crippen LogP contribution is -2.32. The van der Waals surface area contributed by atoms with Crippen LogP contribution in [0, 0.1) is 0 Å². The molecule has 0 saturated heterocycles. The lowest BCUT2D eigenvalue weighted by atomic mass is 10.4. The van der Waals surface area contributed by atoms with Gasteiger partial charge in [0.1, 0.15) is 0 Å². The first kappa shape index (κ1) is 13.7. The zero-order valence-corrected chi connectivity index (χ0v) is 10.6. The first-order valence-corrected chi connectivity index (χ1v) is 6.66. The van der Waals surface area contributed by atoms with Gasteiger partial charge in [0, 0.05) is 32.5 Å². The number of sulfonamides is 1. The molecule has 0 aliphatic carbocycles. The summed E-state index contributed by atoms with van der Waals surface area (Å²) in [6, 6.07) is 1.50. The number of carboxylic acid groups (broad SMARTS) is 1. The molecule has 0 fully saturated rings. The van der Waals surface area contributed by atoms with Gasteiger partial charge < -0.3 is 9.67 Å². The molecule has 1 aromatic heterocycles. The van der Waals surface area contributed by atoms with Crippen LogP contribution in [0.25, 0.3) is 0 Å². The molecule has 0 saturated carbocycles. The van der Waals surface area contributed by atoms with Crippen molar-refractivity contribution in [1.29, 1.82) is 0 Å². The zero-order valence-electron chi connectivity index (χ0n) is 9.83. The minimum Gasteiger partial charge on any atom is -0.481 e. The second-order valence-electron chi connectivity index (χ2n) is 3.65. The highest BCUT2D eigenvalue weighted by Gasteiger charge is 2.24. The maximum Gasteiger partial charge on any atom is 0.304 e. The van der Waals surface area contributed by atoms with Gasteiger partial charge in [0.25, 0.3) is 0 Å². The maximum absolute atomic E-state index is 12.1. The van der Waals surface area contributed by atoms with Crippen molar-refractivity contribution in [2.24, 2.45) is 7.05 Å². The van der Waals surface area contributed by atoms with Crippen LogP contribution >= 0.6 is 0 Å². The molecule has 0 amide bonds. The molecule has 1 rings (SSSR count). The normalized spacial score (nSPS) is 11.9. The van der Waals surface area contributed by atoms with Crippen molar-refractivity contribution >= 4 is 16.0 Å². The van der Waals surface area contributed by atoms with E-state index in [1.165, 1.54) is 12.3 Å². The molecule has 0 aromatic carbocycles. The van der Waals surface area contributed by atoms with Crippen molar-refractivity contribution in [3.05, 3.63) is 18.5 Å². The van der Waals surface area contributed by atoms with Crippen LogP contribution in [-0.4, -0.2) is 41.5 Å². The van der Waals surface area contributed by atoms with Crippen LogP contribution in [0.5, 0.6) is 0 Å². The number of carboxylic acids is 1. The van der Waals surface area contributed by atoms with Gasteiger partial charge in [0.15, 0.2) is 0 Å². The van der Waals surface area contributed by atoms with Gasteiger partial charge in [-0.2, -0.15) is 4.31 Å². The van der Waals surface area contributed by atoms with Gasteiger partial charge in [-0.1, -0.05) is 6.92 Å². The van der Waals surface area contributed by atoms with Gasteiger partial charge in [0.05, 0.1) is 11.3 Å². The number of aryl methyl sites for hydroxylation is 1. The fourth-order valence-electron chi connectivity index (χ4n) is 1.45. The molecule has 1 aromatic rings. The smallest absolute Gasteiger partial charge is 0.304 e. The monoisotopic (exact) mass is 260 g/mol. The summed E-state index contributed by atoms with van der Waals surface area (Å²) < 4.78 is 27.0. The minimum atomic E-state index is -3.58. The van der Waals surface area contributed by atoms with Crippen molar-refractivity contribution < 1.29 is 18.3 Å². The largest absolute Gasteiger partial charge is 0.481 e. The Morgan fingerprint density at radius 1 is 1.53 bits per heavy atom. The Balaban J connectivity index is 2.90. The SMILES string of the molecule is CCN(CCC(=O)O)S(=O)(=O)c1ccn(C)c1. The molecule has 6 nitrogen and oxygen atoms in total. The zero-order chi connectivity index (χ0) is 13.1. The highest BCUT2D eigenvalue weighted by Crippen LogP contribution is 2.15. The fourth-order valence-corrected chi connectivity index (χ4v) is 2.95. The van der Waals surface area contributed by atoms with E-state index in [9.17, 15) is 13.2 Å². The van der Waals surface area contributed by atoms with Crippen molar-refractivity contribution in [3.8, 4) is 0 Å². The van der Waals surface area contributed by atoms with E-state index in [2.05, 4.69) is 0 Å². The van der Waals surface area contributed by atoms with Gasteiger partial charge in [-0.3, -0.25) is 4.79 Å². The number of hydrogen-bond donors (Lipinski definition) is 1. The summed E-state index contributed by atoms with van der Waals surface area (Å²) in [4.78, 5) is 10.6. The molecule has 0 atom stereocenters. The van der Waals surface area contributed by atoms with E-state index in [-0.39, 0.29) is 24.4 Å². The van der Waals surface area contributed by atoms with E-state index in [4.69, 9.17) is 5.11 Å². The molecule has 7 heteroatoms. The Morgan fingerprint density at radius 3 is 2.59 bits per heavy atom. The van der Waals surface area contributed by atoms with Gasteiger partial charge in [-0.25, -0.2) is 8.42 Å². The molecule has 0 bridgehead atoms. The Morgan fingerprint density at radius 2 is 2.18 bits per heavy atom. The van der Waals surface area contributed by atoms with E-state index in [1.54, 1.807) is 24.7 Å². The summed E-state index contributed by atoms with van der Waals surface area (Å²) in [7, 11) is -1.85. The summed E-state index contributed by atoms with van der Waals surface area (Å²) >= 11 is 0. The quantitative estimate of drug-likeness (QED) is 0.808. The lowest BCUT2D eigenvalue weighted by molar-refractivity contribution is -0.137. The van der Waals surface area contributed by atoms with Crippen LogP contribution in [0.15, 0.2) is 23.4 Å². The molecule has 1 N–H and O–H groups in total. The minimum absolute atomic E-state index is 0.0109. The van der Waals surface area contributed by atoms with Gasteiger partial charge in [-0.15, -0.1) is 0 Å². The standard InChI is InChI=1S/C10H16N2O4S/c1-3-12(7-5-10(13)14)17(15,16)9-4-6-11(2)8-9/h4,6,8H,3,5,7H2,1-2H3,(H,13,14). The number of rotatable bonds is 6.